The average molecular weight is 336 g/mol. The van der Waals surface area contributed by atoms with Crippen molar-refractivity contribution in [1.29, 1.82) is 0 Å². The molecule has 0 radical (unpaired) electrons. The lowest BCUT2D eigenvalue weighted by atomic mass is 10.2. The molecule has 3 heterocycles. The van der Waals surface area contributed by atoms with E-state index < -0.39 is 21.8 Å². The first-order valence-corrected chi connectivity index (χ1v) is 8.97. The molecule has 9 heteroatoms. The highest BCUT2D eigenvalue weighted by molar-refractivity contribution is 7.91. The number of sulfone groups is 1. The molecule has 0 aliphatic carbocycles. The van der Waals surface area contributed by atoms with Gasteiger partial charge in [0.2, 0.25) is 5.91 Å². The molecule has 2 aliphatic heterocycles. The Morgan fingerprint density at radius 2 is 2.26 bits per heavy atom. The van der Waals surface area contributed by atoms with Crippen molar-refractivity contribution in [2.75, 3.05) is 16.8 Å². The van der Waals surface area contributed by atoms with Gasteiger partial charge in [0.15, 0.2) is 9.84 Å². The van der Waals surface area contributed by atoms with Crippen molar-refractivity contribution in [1.82, 2.24) is 15.4 Å². The summed E-state index contributed by atoms with van der Waals surface area (Å²) in [5.74, 6) is -0.672. The summed E-state index contributed by atoms with van der Waals surface area (Å²) in [6, 6.07) is 2.94. The minimum absolute atomic E-state index is 0.0549. The lowest BCUT2D eigenvalue weighted by Gasteiger charge is -2.32. The molecule has 1 atom stereocenters. The highest BCUT2D eigenvalue weighted by Crippen LogP contribution is 2.20. The SMILES string of the molecule is O=C(Nc1cccnc1)C1=CCC(=O)N([C@@H]2CCS(=O)(=O)C2)N1. The van der Waals surface area contributed by atoms with Crippen LogP contribution in [0.2, 0.25) is 0 Å². The van der Waals surface area contributed by atoms with Gasteiger partial charge in [-0.1, -0.05) is 0 Å². The van der Waals surface area contributed by atoms with Crippen molar-refractivity contribution < 1.29 is 18.0 Å². The van der Waals surface area contributed by atoms with E-state index in [1.54, 1.807) is 18.3 Å². The quantitative estimate of drug-likeness (QED) is 0.793. The third kappa shape index (κ3) is 3.50. The molecule has 1 fully saturated rings. The van der Waals surface area contributed by atoms with E-state index in [-0.39, 0.29) is 29.5 Å². The van der Waals surface area contributed by atoms with Crippen LogP contribution < -0.4 is 10.7 Å². The van der Waals surface area contributed by atoms with Crippen LogP contribution >= 0.6 is 0 Å². The number of aromatic nitrogens is 1. The molecule has 122 valence electrons. The molecule has 0 bridgehead atoms. The number of carbonyl (C=O) groups excluding carboxylic acids is 2. The summed E-state index contributed by atoms with van der Waals surface area (Å²) < 4.78 is 23.2. The van der Waals surface area contributed by atoms with Crippen LogP contribution in [-0.2, 0) is 19.4 Å². The van der Waals surface area contributed by atoms with Crippen LogP contribution in [0, 0.1) is 0 Å². The first-order valence-electron chi connectivity index (χ1n) is 7.15. The topological polar surface area (TPSA) is 108 Å². The van der Waals surface area contributed by atoms with Crippen LogP contribution in [0.15, 0.2) is 36.3 Å². The number of carbonyl (C=O) groups is 2. The van der Waals surface area contributed by atoms with Crippen LogP contribution in [0.5, 0.6) is 0 Å². The third-order valence-corrected chi connectivity index (χ3v) is 5.48. The first-order chi connectivity index (χ1) is 10.9. The molecule has 2 N–H and O–H groups in total. The van der Waals surface area contributed by atoms with Gasteiger partial charge in [-0.05, 0) is 24.6 Å². The molecule has 1 saturated heterocycles. The van der Waals surface area contributed by atoms with E-state index in [1.165, 1.54) is 17.3 Å². The molecule has 1 aromatic heterocycles. The number of nitrogens with zero attached hydrogens (tertiary/aromatic N) is 2. The van der Waals surface area contributed by atoms with Crippen molar-refractivity contribution in [2.45, 2.75) is 18.9 Å². The Bertz CT molecular complexity index is 760. The van der Waals surface area contributed by atoms with Gasteiger partial charge < -0.3 is 5.32 Å². The third-order valence-electron chi connectivity index (χ3n) is 3.73. The van der Waals surface area contributed by atoms with Gasteiger partial charge in [0.1, 0.15) is 5.70 Å². The number of anilines is 1. The molecule has 2 amide bonds. The molecule has 1 aromatic rings. The number of hydrogen-bond acceptors (Lipinski definition) is 6. The molecule has 3 rings (SSSR count). The van der Waals surface area contributed by atoms with Crippen molar-refractivity contribution >= 4 is 27.3 Å². The summed E-state index contributed by atoms with van der Waals surface area (Å²) in [6.45, 7) is 0. The van der Waals surface area contributed by atoms with Crippen molar-refractivity contribution in [3.05, 3.63) is 36.3 Å². The minimum atomic E-state index is -3.12. The Balaban J connectivity index is 1.70. The van der Waals surface area contributed by atoms with Crippen LogP contribution in [0.4, 0.5) is 5.69 Å². The summed E-state index contributed by atoms with van der Waals surface area (Å²) >= 11 is 0. The Morgan fingerprint density at radius 3 is 2.91 bits per heavy atom. The van der Waals surface area contributed by atoms with Gasteiger partial charge in [0, 0.05) is 12.6 Å². The molecule has 0 spiro atoms. The second-order valence-corrected chi connectivity index (χ2v) is 7.68. The van der Waals surface area contributed by atoms with Crippen LogP contribution in [0.3, 0.4) is 0 Å². The van der Waals surface area contributed by atoms with E-state index in [1.807, 2.05) is 0 Å². The molecule has 0 aromatic carbocycles. The second-order valence-electron chi connectivity index (χ2n) is 5.45. The van der Waals surface area contributed by atoms with Crippen molar-refractivity contribution in [3.8, 4) is 0 Å². The Kier molecular flexibility index (Phi) is 4.03. The number of amides is 2. The molecule has 8 nitrogen and oxygen atoms in total. The Labute approximate surface area is 133 Å². The van der Waals surface area contributed by atoms with Gasteiger partial charge in [0.25, 0.3) is 5.91 Å². The molecule has 2 aliphatic rings. The fourth-order valence-corrected chi connectivity index (χ4v) is 4.28. The number of pyridine rings is 1. The highest BCUT2D eigenvalue weighted by atomic mass is 32.2. The maximum atomic E-state index is 12.2. The summed E-state index contributed by atoms with van der Waals surface area (Å²) in [4.78, 5) is 28.1. The molecule has 0 unspecified atom stereocenters. The van der Waals surface area contributed by atoms with Crippen molar-refractivity contribution in [3.63, 3.8) is 0 Å². The van der Waals surface area contributed by atoms with E-state index in [4.69, 9.17) is 0 Å². The standard InChI is InChI=1S/C14H16N4O4S/c19-13-4-3-12(14(20)16-10-2-1-6-15-8-10)17-18(13)11-5-7-23(21,22)9-11/h1-3,6,8,11,17H,4-5,7,9H2,(H,16,20)/t11-/m1/s1. The van der Waals surface area contributed by atoms with E-state index in [0.717, 1.165) is 0 Å². The summed E-state index contributed by atoms with van der Waals surface area (Å²) in [6.07, 6.45) is 5.02. The summed E-state index contributed by atoms with van der Waals surface area (Å²) in [7, 11) is -3.12. The zero-order chi connectivity index (χ0) is 16.4. The Morgan fingerprint density at radius 1 is 1.43 bits per heavy atom. The molecule has 0 saturated carbocycles. The van der Waals surface area contributed by atoms with Gasteiger partial charge in [-0.15, -0.1) is 0 Å². The highest BCUT2D eigenvalue weighted by Gasteiger charge is 2.36. The zero-order valence-corrected chi connectivity index (χ0v) is 13.0. The average Bonchev–Trinajstić information content (AvgIpc) is 2.88. The normalized spacial score (nSPS) is 23.1. The Hall–Kier alpha value is -2.42. The van der Waals surface area contributed by atoms with E-state index in [9.17, 15) is 18.0 Å². The fourth-order valence-electron chi connectivity index (χ4n) is 2.58. The lowest BCUT2D eigenvalue weighted by Crippen LogP contribution is -2.53. The van der Waals surface area contributed by atoms with Crippen LogP contribution in [0.25, 0.3) is 0 Å². The number of hydrazine groups is 1. The van der Waals surface area contributed by atoms with Crippen molar-refractivity contribution in [2.24, 2.45) is 0 Å². The number of rotatable bonds is 3. The molecular weight excluding hydrogens is 320 g/mol. The second kappa shape index (κ2) is 5.99. The maximum Gasteiger partial charge on any atom is 0.273 e. The summed E-state index contributed by atoms with van der Waals surface area (Å²) in [5.41, 5.74) is 3.51. The molecule has 23 heavy (non-hydrogen) atoms. The van der Waals surface area contributed by atoms with Crippen LogP contribution in [0.1, 0.15) is 12.8 Å². The van der Waals surface area contributed by atoms with Gasteiger partial charge in [-0.25, -0.2) is 8.42 Å². The van der Waals surface area contributed by atoms with E-state index in [0.29, 0.717) is 12.1 Å². The van der Waals surface area contributed by atoms with Crippen LogP contribution in [-0.4, -0.2) is 47.8 Å². The fraction of sp³-hybridized carbons (Fsp3) is 0.357. The predicted molar refractivity (Wildman–Crippen MR) is 82.6 cm³/mol. The smallest absolute Gasteiger partial charge is 0.273 e. The number of nitrogens with one attached hydrogen (secondary N) is 2. The predicted octanol–water partition coefficient (Wildman–Crippen LogP) is -0.172. The lowest BCUT2D eigenvalue weighted by molar-refractivity contribution is -0.136. The van der Waals surface area contributed by atoms with Gasteiger partial charge in [0.05, 0.1) is 29.4 Å². The monoisotopic (exact) mass is 336 g/mol. The maximum absolute atomic E-state index is 12.2. The van der Waals surface area contributed by atoms with Gasteiger partial charge in [-0.2, -0.15) is 0 Å². The largest absolute Gasteiger partial charge is 0.319 e. The summed E-state index contributed by atoms with van der Waals surface area (Å²) in [5, 5.41) is 3.93. The van der Waals surface area contributed by atoms with E-state index in [2.05, 4.69) is 15.7 Å². The van der Waals surface area contributed by atoms with Gasteiger partial charge in [-0.3, -0.25) is 25.0 Å². The first kappa shape index (κ1) is 15.5. The number of hydrogen-bond donors (Lipinski definition) is 2. The molecular formula is C14H16N4O4S. The zero-order valence-electron chi connectivity index (χ0n) is 12.2. The van der Waals surface area contributed by atoms with E-state index >= 15 is 0 Å². The van der Waals surface area contributed by atoms with Gasteiger partial charge >= 0.3 is 0 Å². The minimum Gasteiger partial charge on any atom is -0.319 e.